The van der Waals surface area contributed by atoms with Gasteiger partial charge in [0, 0.05) is 36.1 Å². The van der Waals surface area contributed by atoms with Crippen molar-refractivity contribution in [3.63, 3.8) is 0 Å². The van der Waals surface area contributed by atoms with Crippen LogP contribution in [-0.2, 0) is 14.3 Å². The monoisotopic (exact) mass is 480 g/mol. The normalized spacial score (nSPS) is 10.9. The summed E-state index contributed by atoms with van der Waals surface area (Å²) < 4.78 is 10.6. The van der Waals surface area contributed by atoms with Gasteiger partial charge < -0.3 is 19.4 Å². The molecule has 9 heteroatoms. The zero-order chi connectivity index (χ0) is 24.3. The summed E-state index contributed by atoms with van der Waals surface area (Å²) in [5.74, 6) is -0.0334. The van der Waals surface area contributed by atoms with Crippen molar-refractivity contribution in [2.75, 3.05) is 35.7 Å². The van der Waals surface area contributed by atoms with Gasteiger partial charge in [0.15, 0.2) is 0 Å². The van der Waals surface area contributed by atoms with Crippen molar-refractivity contribution in [3.05, 3.63) is 60.2 Å². The lowest BCUT2D eigenvalue weighted by atomic mass is 10.2. The van der Waals surface area contributed by atoms with E-state index in [0.29, 0.717) is 23.4 Å². The van der Waals surface area contributed by atoms with Crippen LogP contribution in [-0.4, -0.2) is 47.5 Å². The highest BCUT2D eigenvalue weighted by atomic mass is 32.2. The van der Waals surface area contributed by atoms with E-state index in [1.54, 1.807) is 37.3 Å². The molecule has 0 unspecified atom stereocenters. The number of hydrogen-bond acceptors (Lipinski definition) is 8. The van der Waals surface area contributed by atoms with Gasteiger partial charge in [0.05, 0.1) is 12.4 Å². The van der Waals surface area contributed by atoms with Crippen LogP contribution in [0, 0.1) is 0 Å². The number of esters is 1. The van der Waals surface area contributed by atoms with E-state index >= 15 is 0 Å². The van der Waals surface area contributed by atoms with Gasteiger partial charge in [-0.25, -0.2) is 4.79 Å². The summed E-state index contributed by atoms with van der Waals surface area (Å²) in [5.41, 5.74) is 3.45. The lowest BCUT2D eigenvalue weighted by molar-refractivity contribution is -0.137. The predicted molar refractivity (Wildman–Crippen MR) is 135 cm³/mol. The molecule has 0 aliphatic carbocycles. The Bertz CT molecular complexity index is 1110. The molecule has 1 N–H and O–H groups in total. The average Bonchev–Trinajstić information content (AvgIpc) is 3.33. The second-order valence-electron chi connectivity index (χ2n) is 7.14. The van der Waals surface area contributed by atoms with Crippen LogP contribution in [0.5, 0.6) is 0 Å². The van der Waals surface area contributed by atoms with Crippen LogP contribution in [0.4, 0.5) is 11.4 Å². The molecule has 1 amide bonds. The summed E-state index contributed by atoms with van der Waals surface area (Å²) in [4.78, 5) is 25.9. The van der Waals surface area contributed by atoms with E-state index in [9.17, 15) is 9.59 Å². The minimum Gasteiger partial charge on any atom is -0.463 e. The van der Waals surface area contributed by atoms with Crippen LogP contribution in [0.1, 0.15) is 26.3 Å². The van der Waals surface area contributed by atoms with Gasteiger partial charge in [-0.3, -0.25) is 4.79 Å². The van der Waals surface area contributed by atoms with Gasteiger partial charge in [-0.05, 0) is 68.8 Å². The first-order chi connectivity index (χ1) is 16.5. The van der Waals surface area contributed by atoms with E-state index in [1.807, 2.05) is 24.3 Å². The highest BCUT2D eigenvalue weighted by molar-refractivity contribution is 7.99. The second-order valence-corrected chi connectivity index (χ2v) is 8.06. The summed E-state index contributed by atoms with van der Waals surface area (Å²) in [7, 11) is 0. The Morgan fingerprint density at radius 1 is 1.03 bits per heavy atom. The highest BCUT2D eigenvalue weighted by Crippen LogP contribution is 2.25. The lowest BCUT2D eigenvalue weighted by Crippen LogP contribution is -2.21. The number of nitrogens with zero attached hydrogens (tertiary/aromatic N) is 3. The Kier molecular flexibility index (Phi) is 9.28. The van der Waals surface area contributed by atoms with Crippen LogP contribution < -0.4 is 10.2 Å². The van der Waals surface area contributed by atoms with Crippen LogP contribution >= 0.6 is 11.8 Å². The zero-order valence-electron chi connectivity index (χ0n) is 19.5. The number of rotatable bonds is 11. The van der Waals surface area contributed by atoms with E-state index in [2.05, 4.69) is 34.3 Å². The Morgan fingerprint density at radius 3 is 2.38 bits per heavy atom. The number of anilines is 2. The Balaban J connectivity index is 1.50. The summed E-state index contributed by atoms with van der Waals surface area (Å²) >= 11 is 1.17. The fourth-order valence-corrected chi connectivity index (χ4v) is 3.71. The van der Waals surface area contributed by atoms with Crippen molar-refractivity contribution in [1.29, 1.82) is 0 Å². The number of thioether (sulfide) groups is 1. The maximum Gasteiger partial charge on any atom is 0.330 e. The zero-order valence-corrected chi connectivity index (χ0v) is 20.3. The number of aromatic nitrogens is 2. The molecule has 3 aromatic rings. The molecule has 178 valence electrons. The van der Waals surface area contributed by atoms with Crippen LogP contribution in [0.3, 0.4) is 0 Å². The molecule has 1 heterocycles. The number of amides is 1. The lowest BCUT2D eigenvalue weighted by Gasteiger charge is -2.20. The van der Waals surface area contributed by atoms with E-state index in [1.165, 1.54) is 17.8 Å². The fourth-order valence-electron chi connectivity index (χ4n) is 3.14. The molecule has 0 radical (unpaired) electrons. The molecule has 0 fully saturated rings. The molecule has 0 saturated carbocycles. The SMILES string of the molecule is CCOC(=O)/C=C/c1ccc(NC(=O)CSc2nnc(-c3ccc(N(CC)CC)cc3)o2)cc1. The van der Waals surface area contributed by atoms with Crippen molar-refractivity contribution in [2.24, 2.45) is 0 Å². The number of carbonyl (C=O) groups is 2. The number of ether oxygens (including phenoxy) is 1. The van der Waals surface area contributed by atoms with Crippen molar-refractivity contribution < 1.29 is 18.7 Å². The second kappa shape index (κ2) is 12.6. The summed E-state index contributed by atoms with van der Waals surface area (Å²) in [6.07, 6.45) is 3.02. The molecular weight excluding hydrogens is 452 g/mol. The van der Waals surface area contributed by atoms with E-state index in [-0.39, 0.29) is 11.7 Å². The molecular formula is C25H28N4O4S. The number of hydrogen-bond donors (Lipinski definition) is 1. The van der Waals surface area contributed by atoms with Gasteiger partial charge in [-0.2, -0.15) is 0 Å². The van der Waals surface area contributed by atoms with Gasteiger partial charge in [0.25, 0.3) is 5.22 Å². The van der Waals surface area contributed by atoms with Crippen LogP contribution in [0.25, 0.3) is 17.5 Å². The minimum atomic E-state index is -0.391. The molecule has 0 bridgehead atoms. The van der Waals surface area contributed by atoms with Crippen molar-refractivity contribution in [2.45, 2.75) is 26.0 Å². The molecule has 0 saturated heterocycles. The molecule has 34 heavy (non-hydrogen) atoms. The van der Waals surface area contributed by atoms with E-state index in [0.717, 1.165) is 29.9 Å². The predicted octanol–water partition coefficient (Wildman–Crippen LogP) is 4.89. The summed E-state index contributed by atoms with van der Waals surface area (Å²) in [6, 6.07) is 15.1. The van der Waals surface area contributed by atoms with Gasteiger partial charge in [-0.1, -0.05) is 23.9 Å². The van der Waals surface area contributed by atoms with Gasteiger partial charge in [0.1, 0.15) is 0 Å². The highest BCUT2D eigenvalue weighted by Gasteiger charge is 2.12. The maximum atomic E-state index is 12.3. The van der Waals surface area contributed by atoms with Crippen molar-refractivity contribution in [1.82, 2.24) is 10.2 Å². The van der Waals surface area contributed by atoms with E-state index in [4.69, 9.17) is 9.15 Å². The molecule has 1 aromatic heterocycles. The molecule has 2 aromatic carbocycles. The maximum absolute atomic E-state index is 12.3. The molecule has 0 atom stereocenters. The van der Waals surface area contributed by atoms with Crippen LogP contribution in [0.2, 0.25) is 0 Å². The molecule has 8 nitrogen and oxygen atoms in total. The molecule has 0 aliphatic heterocycles. The Hall–Kier alpha value is -3.59. The smallest absolute Gasteiger partial charge is 0.330 e. The van der Waals surface area contributed by atoms with Crippen LogP contribution in [0.15, 0.2) is 64.2 Å². The third-order valence-corrected chi connectivity index (χ3v) is 5.69. The third kappa shape index (κ3) is 7.21. The van der Waals surface area contributed by atoms with Gasteiger partial charge in [0.2, 0.25) is 11.8 Å². The fraction of sp³-hybridized carbons (Fsp3) is 0.280. The molecule has 3 rings (SSSR count). The topological polar surface area (TPSA) is 97.6 Å². The number of carbonyl (C=O) groups excluding carboxylic acids is 2. The van der Waals surface area contributed by atoms with Gasteiger partial charge >= 0.3 is 5.97 Å². The first-order valence-corrected chi connectivity index (χ1v) is 12.1. The molecule has 0 spiro atoms. The summed E-state index contributed by atoms with van der Waals surface area (Å²) in [6.45, 7) is 8.21. The number of benzene rings is 2. The van der Waals surface area contributed by atoms with E-state index < -0.39 is 5.97 Å². The third-order valence-electron chi connectivity index (χ3n) is 4.87. The first-order valence-electron chi connectivity index (χ1n) is 11.1. The minimum absolute atomic E-state index is 0.132. The average molecular weight is 481 g/mol. The number of nitrogens with one attached hydrogen (secondary N) is 1. The standard InChI is InChI=1S/C25H28N4O4S/c1-4-29(5-2)21-14-10-19(11-15-21)24-27-28-25(33-24)34-17-22(30)26-20-12-7-18(8-13-20)9-16-23(31)32-6-3/h7-16H,4-6,17H2,1-3H3,(H,26,30)/b16-9+. The Labute approximate surface area is 203 Å². The Morgan fingerprint density at radius 2 is 1.74 bits per heavy atom. The summed E-state index contributed by atoms with van der Waals surface area (Å²) in [5, 5.41) is 11.3. The first kappa shape index (κ1) is 25.0. The molecule has 0 aliphatic rings. The van der Waals surface area contributed by atoms with Crippen molar-refractivity contribution >= 4 is 41.1 Å². The largest absolute Gasteiger partial charge is 0.463 e. The van der Waals surface area contributed by atoms with Crippen molar-refractivity contribution in [3.8, 4) is 11.5 Å². The quantitative estimate of drug-likeness (QED) is 0.235. The van der Waals surface area contributed by atoms with Gasteiger partial charge in [-0.15, -0.1) is 10.2 Å².